The zero-order valence-electron chi connectivity index (χ0n) is 19.3. The molecule has 0 unspecified atom stereocenters. The molecule has 0 spiro atoms. The smallest absolute Gasteiger partial charge is 0.195 e. The van der Waals surface area contributed by atoms with Gasteiger partial charge in [-0.3, -0.25) is 9.67 Å². The molecule has 6 nitrogen and oxygen atoms in total. The maximum absolute atomic E-state index is 15.1. The molecular weight excluding hydrogens is 477 g/mol. The Morgan fingerprint density at radius 3 is 2.14 bits per heavy atom. The van der Waals surface area contributed by atoms with Gasteiger partial charge in [0.25, 0.3) is 0 Å². The summed E-state index contributed by atoms with van der Waals surface area (Å²) in [6, 6.07) is 11.7. The lowest BCUT2D eigenvalue weighted by molar-refractivity contribution is 0.374. The van der Waals surface area contributed by atoms with Crippen molar-refractivity contribution >= 4 is 9.84 Å². The van der Waals surface area contributed by atoms with Crippen LogP contribution in [0.15, 0.2) is 65.8 Å². The van der Waals surface area contributed by atoms with E-state index in [-0.39, 0.29) is 16.2 Å². The van der Waals surface area contributed by atoms with Gasteiger partial charge in [-0.05, 0) is 56.1 Å². The molecule has 10 heteroatoms. The second-order valence-corrected chi connectivity index (χ2v) is 10.4. The molecule has 0 fully saturated rings. The minimum atomic E-state index is -3.41. The van der Waals surface area contributed by atoms with Gasteiger partial charge in [0.05, 0.1) is 17.1 Å². The summed E-state index contributed by atoms with van der Waals surface area (Å²) in [5.41, 5.74) is 2.28. The van der Waals surface area contributed by atoms with Gasteiger partial charge in [-0.2, -0.15) is 5.10 Å². The molecule has 0 saturated heterocycles. The molecule has 0 aliphatic heterocycles. The first-order chi connectivity index (χ1) is 16.6. The standard InChI is InChI=1S/C25H23F3N4O2S/c1-31(2)14-15-32-25(19-8-9-20(26)23(28)22(19)27)21(16-10-12-29-13-11-16)24(30-32)17-4-6-18(7-5-17)35(3,33)34/h4-13H,14-15H2,1-3H3. The Hall–Kier alpha value is -3.50. The minimum Gasteiger partial charge on any atom is -0.308 e. The summed E-state index contributed by atoms with van der Waals surface area (Å²) in [6.45, 7) is 0.877. The first kappa shape index (κ1) is 24.6. The molecule has 2 aromatic carbocycles. The third kappa shape index (κ3) is 4.98. The summed E-state index contributed by atoms with van der Waals surface area (Å²) >= 11 is 0. The summed E-state index contributed by atoms with van der Waals surface area (Å²) in [5.74, 6) is -4.17. The van der Waals surface area contributed by atoms with E-state index in [0.29, 0.717) is 35.5 Å². The van der Waals surface area contributed by atoms with Crippen molar-refractivity contribution in [1.29, 1.82) is 0 Å². The normalized spacial score (nSPS) is 11.9. The fourth-order valence-corrected chi connectivity index (χ4v) is 4.39. The quantitative estimate of drug-likeness (QED) is 0.345. The average molecular weight is 501 g/mol. The van der Waals surface area contributed by atoms with Gasteiger partial charge in [-0.15, -0.1) is 0 Å². The number of sulfone groups is 1. The Kier molecular flexibility index (Phi) is 6.77. The number of halogens is 3. The summed E-state index contributed by atoms with van der Waals surface area (Å²) < 4.78 is 68.5. The van der Waals surface area contributed by atoms with E-state index in [1.165, 1.54) is 18.2 Å². The van der Waals surface area contributed by atoms with Crippen molar-refractivity contribution in [3.05, 3.63) is 78.4 Å². The van der Waals surface area contributed by atoms with Crippen molar-refractivity contribution in [2.45, 2.75) is 11.4 Å². The SMILES string of the molecule is CN(C)CCn1nc(-c2ccc(S(C)(=O)=O)cc2)c(-c2ccncc2)c1-c1ccc(F)c(F)c1F. The summed E-state index contributed by atoms with van der Waals surface area (Å²) in [6.07, 6.45) is 4.24. The third-order valence-corrected chi connectivity index (χ3v) is 6.66. The highest BCUT2D eigenvalue weighted by atomic mass is 32.2. The van der Waals surface area contributed by atoms with Crippen LogP contribution >= 0.6 is 0 Å². The number of likely N-dealkylation sites (N-methyl/N-ethyl adjacent to an activating group) is 1. The van der Waals surface area contributed by atoms with Crippen molar-refractivity contribution < 1.29 is 21.6 Å². The molecule has 0 amide bonds. The van der Waals surface area contributed by atoms with Gasteiger partial charge < -0.3 is 4.90 Å². The molecule has 0 saturated carbocycles. The summed E-state index contributed by atoms with van der Waals surface area (Å²) in [4.78, 5) is 6.10. The van der Waals surface area contributed by atoms with Gasteiger partial charge >= 0.3 is 0 Å². The van der Waals surface area contributed by atoms with Crippen LogP contribution in [0, 0.1) is 17.5 Å². The molecule has 4 rings (SSSR count). The van der Waals surface area contributed by atoms with E-state index in [2.05, 4.69) is 4.98 Å². The van der Waals surface area contributed by atoms with Crippen LogP contribution in [-0.2, 0) is 16.4 Å². The van der Waals surface area contributed by atoms with Crippen LogP contribution in [0.5, 0.6) is 0 Å². The van der Waals surface area contributed by atoms with Crippen molar-refractivity contribution in [3.63, 3.8) is 0 Å². The molecule has 0 aliphatic carbocycles. The van der Waals surface area contributed by atoms with Crippen LogP contribution in [0.25, 0.3) is 33.6 Å². The molecule has 0 bridgehead atoms. The highest BCUT2D eigenvalue weighted by Crippen LogP contribution is 2.41. The molecule has 2 heterocycles. The van der Waals surface area contributed by atoms with Gasteiger partial charge in [0, 0.05) is 41.9 Å². The lowest BCUT2D eigenvalue weighted by atomic mass is 9.96. The molecule has 4 aromatic rings. The first-order valence-electron chi connectivity index (χ1n) is 10.7. The van der Waals surface area contributed by atoms with Crippen LogP contribution in [0.1, 0.15) is 0 Å². The molecule has 35 heavy (non-hydrogen) atoms. The average Bonchev–Trinajstić information content (AvgIpc) is 3.20. The van der Waals surface area contributed by atoms with Gasteiger partial charge in [-0.25, -0.2) is 21.6 Å². The second kappa shape index (κ2) is 9.63. The molecule has 0 N–H and O–H groups in total. The monoisotopic (exact) mass is 500 g/mol. The van der Waals surface area contributed by atoms with Crippen LogP contribution in [-0.4, -0.2) is 55.0 Å². The van der Waals surface area contributed by atoms with Crippen molar-refractivity contribution in [2.24, 2.45) is 0 Å². The molecule has 2 aromatic heterocycles. The van der Waals surface area contributed by atoms with Crippen molar-refractivity contribution in [1.82, 2.24) is 19.7 Å². The van der Waals surface area contributed by atoms with Gasteiger partial charge in [0.1, 0.15) is 5.69 Å². The van der Waals surface area contributed by atoms with E-state index in [1.54, 1.807) is 41.3 Å². The Bertz CT molecular complexity index is 1470. The van der Waals surface area contributed by atoms with E-state index < -0.39 is 27.3 Å². The summed E-state index contributed by atoms with van der Waals surface area (Å²) in [5, 5.41) is 4.73. The number of aromatic nitrogens is 3. The van der Waals surface area contributed by atoms with E-state index in [1.807, 2.05) is 19.0 Å². The van der Waals surface area contributed by atoms with Gasteiger partial charge in [0.2, 0.25) is 0 Å². The largest absolute Gasteiger partial charge is 0.308 e. The van der Waals surface area contributed by atoms with Crippen LogP contribution in [0.2, 0.25) is 0 Å². The lowest BCUT2D eigenvalue weighted by Gasteiger charge is -2.14. The zero-order valence-corrected chi connectivity index (χ0v) is 20.2. The second-order valence-electron chi connectivity index (χ2n) is 8.35. The Morgan fingerprint density at radius 1 is 0.886 bits per heavy atom. The zero-order chi connectivity index (χ0) is 25.3. The predicted molar refractivity (Wildman–Crippen MR) is 128 cm³/mol. The highest BCUT2D eigenvalue weighted by molar-refractivity contribution is 7.90. The van der Waals surface area contributed by atoms with E-state index >= 15 is 4.39 Å². The molecule has 0 aliphatic rings. The Balaban J connectivity index is 2.04. The Morgan fingerprint density at radius 2 is 1.54 bits per heavy atom. The topological polar surface area (TPSA) is 68.1 Å². The Labute approximate surface area is 201 Å². The predicted octanol–water partition coefficient (Wildman–Crippen LogP) is 4.66. The van der Waals surface area contributed by atoms with E-state index in [9.17, 15) is 17.2 Å². The number of hydrogen-bond acceptors (Lipinski definition) is 5. The maximum Gasteiger partial charge on any atom is 0.195 e. The fourth-order valence-electron chi connectivity index (χ4n) is 3.76. The summed E-state index contributed by atoms with van der Waals surface area (Å²) in [7, 11) is 0.333. The molecule has 0 atom stereocenters. The molecular formula is C25H23F3N4O2S. The van der Waals surface area contributed by atoms with E-state index in [4.69, 9.17) is 5.10 Å². The lowest BCUT2D eigenvalue weighted by Crippen LogP contribution is -2.19. The maximum atomic E-state index is 15.1. The van der Waals surface area contributed by atoms with Gasteiger partial charge in [0.15, 0.2) is 27.3 Å². The molecule has 0 radical (unpaired) electrons. The number of hydrogen-bond donors (Lipinski definition) is 0. The van der Waals surface area contributed by atoms with Crippen LogP contribution in [0.4, 0.5) is 13.2 Å². The van der Waals surface area contributed by atoms with Crippen molar-refractivity contribution in [3.8, 4) is 33.6 Å². The fraction of sp³-hybridized carbons (Fsp3) is 0.200. The number of pyridine rings is 1. The van der Waals surface area contributed by atoms with Crippen molar-refractivity contribution in [2.75, 3.05) is 26.9 Å². The van der Waals surface area contributed by atoms with Crippen LogP contribution < -0.4 is 0 Å². The minimum absolute atomic E-state index is 0.138. The number of benzene rings is 2. The van der Waals surface area contributed by atoms with E-state index in [0.717, 1.165) is 12.3 Å². The molecule has 182 valence electrons. The number of nitrogens with zero attached hydrogens (tertiary/aromatic N) is 4. The highest BCUT2D eigenvalue weighted by Gasteiger charge is 2.26. The van der Waals surface area contributed by atoms with Gasteiger partial charge in [-0.1, -0.05) is 12.1 Å². The third-order valence-electron chi connectivity index (χ3n) is 5.53. The van der Waals surface area contributed by atoms with Crippen LogP contribution in [0.3, 0.4) is 0 Å². The number of rotatable bonds is 7. The first-order valence-corrected chi connectivity index (χ1v) is 12.6.